The number of aromatic nitrogens is 2. The highest BCUT2D eigenvalue weighted by molar-refractivity contribution is 6.00. The van der Waals surface area contributed by atoms with Crippen molar-refractivity contribution in [2.24, 2.45) is 18.9 Å². The van der Waals surface area contributed by atoms with Crippen molar-refractivity contribution in [3.8, 4) is 0 Å². The average molecular weight is 470 g/mol. The summed E-state index contributed by atoms with van der Waals surface area (Å²) in [6, 6.07) is 5.34. The molecule has 0 radical (unpaired) electrons. The number of rotatable bonds is 5. The van der Waals surface area contributed by atoms with Gasteiger partial charge in [0.1, 0.15) is 11.6 Å². The molecule has 1 aromatic carbocycles. The molecule has 1 saturated carbocycles. The summed E-state index contributed by atoms with van der Waals surface area (Å²) < 4.78 is 8.57. The number of benzene rings is 1. The lowest BCUT2D eigenvalue weighted by Gasteiger charge is -2.29. The quantitative estimate of drug-likeness (QED) is 0.534. The number of nitrogens with one attached hydrogen (secondary N) is 1. The monoisotopic (exact) mass is 469 g/mol. The number of imide groups is 1. The van der Waals surface area contributed by atoms with Crippen LogP contribution in [0.3, 0.4) is 0 Å². The summed E-state index contributed by atoms with van der Waals surface area (Å²) in [5, 5.41) is 2.34. The molecule has 2 amide bonds. The average Bonchev–Trinajstić information content (AvgIpc) is 2.98. The van der Waals surface area contributed by atoms with Crippen LogP contribution < -0.4 is 11.0 Å². The summed E-state index contributed by atoms with van der Waals surface area (Å²) in [5.41, 5.74) is 1.99. The molecule has 2 heterocycles. The predicted molar refractivity (Wildman–Crippen MR) is 128 cm³/mol. The van der Waals surface area contributed by atoms with E-state index in [1.54, 1.807) is 11.6 Å². The second-order valence-electron chi connectivity index (χ2n) is 10.9. The van der Waals surface area contributed by atoms with Crippen LogP contribution in [0.15, 0.2) is 23.0 Å². The fourth-order valence-corrected chi connectivity index (χ4v) is 5.36. The van der Waals surface area contributed by atoms with E-state index in [2.05, 4.69) is 5.32 Å². The Morgan fingerprint density at radius 1 is 1.03 bits per heavy atom. The number of fused-ring (bicyclic) bond motifs is 1. The molecule has 0 bridgehead atoms. The normalized spacial score (nSPS) is 23.7. The Kier molecular flexibility index (Phi) is 6.69. The van der Waals surface area contributed by atoms with Gasteiger partial charge in [-0.25, -0.2) is 4.79 Å². The van der Waals surface area contributed by atoms with E-state index in [9.17, 15) is 19.2 Å². The number of hydrogen-bond donors (Lipinski definition) is 1. The maximum atomic E-state index is 12.9. The zero-order valence-corrected chi connectivity index (χ0v) is 20.6. The molecule has 34 heavy (non-hydrogen) atoms. The summed E-state index contributed by atoms with van der Waals surface area (Å²) in [6.07, 6.45) is 6.17. The Labute approximate surface area is 199 Å². The van der Waals surface area contributed by atoms with E-state index in [1.807, 2.05) is 39.0 Å². The number of amides is 2. The minimum absolute atomic E-state index is 0.108. The van der Waals surface area contributed by atoms with Gasteiger partial charge in [0.25, 0.3) is 0 Å². The molecular weight excluding hydrogens is 434 g/mol. The first-order chi connectivity index (χ1) is 16.0. The van der Waals surface area contributed by atoms with Crippen LogP contribution in [-0.4, -0.2) is 32.5 Å². The van der Waals surface area contributed by atoms with E-state index in [-0.39, 0.29) is 24.0 Å². The molecule has 2 aromatic rings. The van der Waals surface area contributed by atoms with Crippen LogP contribution in [0.2, 0.25) is 0 Å². The predicted octanol–water partition coefficient (Wildman–Crippen LogP) is 3.40. The third-order valence-electron chi connectivity index (χ3n) is 7.04. The Morgan fingerprint density at radius 2 is 1.71 bits per heavy atom. The smallest absolute Gasteiger partial charge is 0.329 e. The van der Waals surface area contributed by atoms with Crippen molar-refractivity contribution in [3.05, 3.63) is 34.2 Å². The summed E-state index contributed by atoms with van der Waals surface area (Å²) >= 11 is 0. The van der Waals surface area contributed by atoms with Crippen LogP contribution in [0.5, 0.6) is 0 Å². The SMILES string of the molecule is Cn1c(=O)n(C2CCC(=O)NC2=O)c2ccc(C[C@H]3CC[C@@H](CC(=O)OC(C)(C)C)CC3)cc21. The zero-order valence-electron chi connectivity index (χ0n) is 20.6. The summed E-state index contributed by atoms with van der Waals surface area (Å²) in [6.45, 7) is 5.69. The Hall–Kier alpha value is -2.90. The molecule has 1 aliphatic carbocycles. The minimum atomic E-state index is -0.667. The highest BCUT2D eigenvalue weighted by Gasteiger charge is 2.31. The van der Waals surface area contributed by atoms with Crippen LogP contribution in [0.25, 0.3) is 11.0 Å². The first-order valence-electron chi connectivity index (χ1n) is 12.3. The van der Waals surface area contributed by atoms with Crippen molar-refractivity contribution in [2.75, 3.05) is 0 Å². The largest absolute Gasteiger partial charge is 0.460 e. The van der Waals surface area contributed by atoms with Crippen molar-refractivity contribution in [1.29, 1.82) is 0 Å². The number of ether oxygens (including phenoxy) is 1. The van der Waals surface area contributed by atoms with Crippen molar-refractivity contribution < 1.29 is 19.1 Å². The van der Waals surface area contributed by atoms with E-state index in [0.29, 0.717) is 30.2 Å². The molecule has 1 atom stereocenters. The number of piperidine rings is 1. The van der Waals surface area contributed by atoms with E-state index < -0.39 is 17.6 Å². The topological polar surface area (TPSA) is 99.4 Å². The number of hydrogen-bond acceptors (Lipinski definition) is 5. The number of carbonyl (C=O) groups is 3. The van der Waals surface area contributed by atoms with Gasteiger partial charge < -0.3 is 4.74 Å². The molecule has 8 nitrogen and oxygen atoms in total. The second-order valence-corrected chi connectivity index (χ2v) is 10.9. The number of carbonyl (C=O) groups excluding carboxylic acids is 3. The fraction of sp³-hybridized carbons (Fsp3) is 0.615. The summed E-state index contributed by atoms with van der Waals surface area (Å²) in [4.78, 5) is 49.0. The van der Waals surface area contributed by atoms with Crippen LogP contribution in [0, 0.1) is 11.8 Å². The lowest BCUT2D eigenvalue weighted by atomic mass is 9.78. The van der Waals surface area contributed by atoms with Gasteiger partial charge in [-0.2, -0.15) is 0 Å². The van der Waals surface area contributed by atoms with Gasteiger partial charge in [0, 0.05) is 19.9 Å². The van der Waals surface area contributed by atoms with Gasteiger partial charge in [-0.05, 0) is 88.8 Å². The molecule has 0 spiro atoms. The Balaban J connectivity index is 1.42. The van der Waals surface area contributed by atoms with Gasteiger partial charge in [0.05, 0.1) is 11.0 Å². The third-order valence-corrected chi connectivity index (χ3v) is 7.04. The van der Waals surface area contributed by atoms with Gasteiger partial charge in [0.15, 0.2) is 0 Å². The molecule has 1 aliphatic heterocycles. The molecule has 2 fully saturated rings. The molecule has 1 saturated heterocycles. The molecule has 184 valence electrons. The molecule has 1 unspecified atom stereocenters. The summed E-state index contributed by atoms with van der Waals surface area (Å²) in [5.74, 6) is 0.108. The molecular formula is C26H35N3O5. The Bertz CT molecular complexity index is 1160. The highest BCUT2D eigenvalue weighted by Crippen LogP contribution is 2.34. The van der Waals surface area contributed by atoms with Crippen molar-refractivity contribution in [1.82, 2.24) is 14.5 Å². The first-order valence-corrected chi connectivity index (χ1v) is 12.3. The molecule has 1 N–H and O–H groups in total. The maximum absolute atomic E-state index is 12.9. The molecule has 4 rings (SSSR count). The van der Waals surface area contributed by atoms with Crippen LogP contribution in [0.1, 0.15) is 77.3 Å². The van der Waals surface area contributed by atoms with E-state index >= 15 is 0 Å². The zero-order chi connectivity index (χ0) is 24.6. The number of aryl methyl sites for hydroxylation is 1. The van der Waals surface area contributed by atoms with Gasteiger partial charge in [0.2, 0.25) is 11.8 Å². The molecule has 2 aliphatic rings. The van der Waals surface area contributed by atoms with Gasteiger partial charge >= 0.3 is 11.7 Å². The highest BCUT2D eigenvalue weighted by atomic mass is 16.6. The van der Waals surface area contributed by atoms with E-state index in [1.165, 1.54) is 10.1 Å². The minimum Gasteiger partial charge on any atom is -0.460 e. The van der Waals surface area contributed by atoms with Crippen LogP contribution in [-0.2, 0) is 32.6 Å². The fourth-order valence-electron chi connectivity index (χ4n) is 5.36. The van der Waals surface area contributed by atoms with Crippen molar-refractivity contribution in [2.45, 2.75) is 83.8 Å². The summed E-state index contributed by atoms with van der Waals surface area (Å²) in [7, 11) is 1.72. The second kappa shape index (κ2) is 9.39. The third kappa shape index (κ3) is 5.26. The lowest BCUT2D eigenvalue weighted by molar-refractivity contribution is -0.156. The molecule has 8 heteroatoms. The first kappa shape index (κ1) is 24.2. The molecule has 1 aromatic heterocycles. The Morgan fingerprint density at radius 3 is 2.35 bits per heavy atom. The van der Waals surface area contributed by atoms with Gasteiger partial charge in [-0.15, -0.1) is 0 Å². The standard InChI is InChI=1S/C26H35N3O5/c1-26(2,3)34-23(31)15-17-7-5-16(6-8-17)13-18-9-10-19-21(14-18)28(4)25(33)29(19)20-11-12-22(30)27-24(20)32/h9-10,14,16-17,20H,5-8,11-13,15H2,1-4H3,(H,27,30,32)/t16-,17+,20?. The van der Waals surface area contributed by atoms with Crippen LogP contribution >= 0.6 is 0 Å². The number of esters is 1. The van der Waals surface area contributed by atoms with Crippen molar-refractivity contribution in [3.63, 3.8) is 0 Å². The van der Waals surface area contributed by atoms with E-state index in [4.69, 9.17) is 4.74 Å². The lowest BCUT2D eigenvalue weighted by Crippen LogP contribution is -2.44. The number of imidazole rings is 1. The number of nitrogens with zero attached hydrogens (tertiary/aromatic N) is 2. The van der Waals surface area contributed by atoms with Crippen molar-refractivity contribution >= 4 is 28.8 Å². The van der Waals surface area contributed by atoms with E-state index in [0.717, 1.165) is 37.6 Å². The van der Waals surface area contributed by atoms with Gasteiger partial charge in [-0.1, -0.05) is 6.07 Å². The van der Waals surface area contributed by atoms with Crippen LogP contribution in [0.4, 0.5) is 0 Å². The van der Waals surface area contributed by atoms with Gasteiger partial charge in [-0.3, -0.25) is 28.8 Å². The maximum Gasteiger partial charge on any atom is 0.329 e.